The number of nitrogens with zero attached hydrogens (tertiary/aromatic N) is 4. The highest BCUT2D eigenvalue weighted by molar-refractivity contribution is 9.10. The van der Waals surface area contributed by atoms with E-state index in [0.717, 1.165) is 30.0 Å². The van der Waals surface area contributed by atoms with Gasteiger partial charge < -0.3 is 20.9 Å². The fraction of sp³-hybridized carbons (Fsp3) is 0.382. The van der Waals surface area contributed by atoms with Crippen LogP contribution in [0.5, 0.6) is 0 Å². The van der Waals surface area contributed by atoms with E-state index in [-0.39, 0.29) is 47.4 Å². The molecule has 0 aliphatic carbocycles. The summed E-state index contributed by atoms with van der Waals surface area (Å²) in [6.45, 7) is 2.48. The van der Waals surface area contributed by atoms with Crippen LogP contribution in [0.1, 0.15) is 68.2 Å². The fourth-order valence-corrected chi connectivity index (χ4v) is 7.15. The highest BCUT2D eigenvalue weighted by atomic mass is 79.9. The maximum absolute atomic E-state index is 13.3. The molecule has 15 heteroatoms. The van der Waals surface area contributed by atoms with E-state index < -0.39 is 29.7 Å². The average Bonchev–Trinajstić information content (AvgIpc) is 3.34. The Balaban J connectivity index is 0.992. The van der Waals surface area contributed by atoms with Crippen molar-refractivity contribution in [3.05, 3.63) is 85.7 Å². The summed E-state index contributed by atoms with van der Waals surface area (Å²) in [5.74, 6) is -2.18. The lowest BCUT2D eigenvalue weighted by atomic mass is 9.87. The summed E-state index contributed by atoms with van der Waals surface area (Å²) < 4.78 is 1.73. The average molecular weight is 734 g/mol. The van der Waals surface area contributed by atoms with Crippen molar-refractivity contribution in [3.63, 3.8) is 0 Å². The minimum atomic E-state index is -1.03. The van der Waals surface area contributed by atoms with E-state index >= 15 is 0 Å². The minimum absolute atomic E-state index is 0.0535. The summed E-state index contributed by atoms with van der Waals surface area (Å²) in [4.78, 5) is 78.6. The molecule has 2 aromatic carbocycles. The zero-order valence-electron chi connectivity index (χ0n) is 27.1. The number of amides is 5. The standard InChI is InChI=1S/C34H37BrN8O6/c1-41-17-21(15-22(18-41)39-25-16-38-42(2)34(49)29(25)35)19-7-9-20(10-8-19)30(45)37-14-4-13-36-24-6-3-5-23-28(24)33(48)43(32(23)47)26-11-12-27(44)40-31(26)46/h3,5-10,16,21-22,26,36,39H,4,11-15,17-18H2,1-2H3,(H,37,45)(H,40,44,46)/t21-,22+,26?/m0/s1. The molecule has 1 unspecified atom stereocenters. The van der Waals surface area contributed by atoms with Crippen LogP contribution in [-0.4, -0.2) is 94.4 Å². The predicted octanol–water partition coefficient (Wildman–Crippen LogP) is 2.08. The Hall–Kier alpha value is -4.89. The van der Waals surface area contributed by atoms with Gasteiger partial charge in [-0.3, -0.25) is 39.0 Å². The van der Waals surface area contributed by atoms with E-state index in [9.17, 15) is 28.8 Å². The van der Waals surface area contributed by atoms with Crippen molar-refractivity contribution in [1.82, 2.24) is 30.2 Å². The third-order valence-electron chi connectivity index (χ3n) is 9.14. The summed E-state index contributed by atoms with van der Waals surface area (Å²) in [6, 6.07) is 11.6. The van der Waals surface area contributed by atoms with Gasteiger partial charge >= 0.3 is 0 Å². The number of anilines is 2. The molecule has 5 amide bonds. The van der Waals surface area contributed by atoms with Crippen molar-refractivity contribution in [2.75, 3.05) is 43.9 Å². The highest BCUT2D eigenvalue weighted by Crippen LogP contribution is 2.33. The van der Waals surface area contributed by atoms with Crippen molar-refractivity contribution >= 4 is 56.8 Å². The van der Waals surface area contributed by atoms with Gasteiger partial charge in [0.05, 0.1) is 23.0 Å². The lowest BCUT2D eigenvalue weighted by molar-refractivity contribution is -0.136. The number of hydrogen-bond donors (Lipinski definition) is 4. The van der Waals surface area contributed by atoms with Gasteiger partial charge in [0, 0.05) is 56.9 Å². The second-order valence-corrected chi connectivity index (χ2v) is 13.4. The van der Waals surface area contributed by atoms with E-state index in [1.807, 2.05) is 24.3 Å². The third kappa shape index (κ3) is 7.13. The zero-order chi connectivity index (χ0) is 34.8. The Bertz CT molecular complexity index is 1880. The smallest absolute Gasteiger partial charge is 0.282 e. The fourth-order valence-electron chi connectivity index (χ4n) is 6.68. The highest BCUT2D eigenvalue weighted by Gasteiger charge is 2.45. The first kappa shape index (κ1) is 34.0. The first-order valence-corrected chi connectivity index (χ1v) is 16.9. The van der Waals surface area contributed by atoms with Crippen LogP contribution in [-0.2, 0) is 16.6 Å². The number of fused-ring (bicyclic) bond motifs is 1. The summed E-state index contributed by atoms with van der Waals surface area (Å²) in [6.07, 6.45) is 3.19. The molecule has 0 radical (unpaired) electrons. The number of nitrogens with one attached hydrogen (secondary N) is 4. The SMILES string of the molecule is CN1C[C@H](Nc2cnn(C)c(=O)c2Br)C[C@H](c2ccc(C(=O)NCCCNc3cccc4c3C(=O)N(C3CCC(=O)NC3=O)C4=O)cc2)C1. The van der Waals surface area contributed by atoms with E-state index in [2.05, 4.69) is 54.2 Å². The zero-order valence-corrected chi connectivity index (χ0v) is 28.7. The quantitative estimate of drug-likeness (QED) is 0.179. The van der Waals surface area contributed by atoms with Gasteiger partial charge in [-0.05, 0) is 78.0 Å². The van der Waals surface area contributed by atoms with Crippen molar-refractivity contribution in [3.8, 4) is 0 Å². The van der Waals surface area contributed by atoms with Crippen molar-refractivity contribution in [1.29, 1.82) is 0 Å². The van der Waals surface area contributed by atoms with Gasteiger partial charge in [-0.2, -0.15) is 5.10 Å². The monoisotopic (exact) mass is 732 g/mol. The summed E-state index contributed by atoms with van der Waals surface area (Å²) in [5.41, 5.74) is 3.00. The van der Waals surface area contributed by atoms with Crippen molar-refractivity contribution in [2.24, 2.45) is 7.05 Å². The number of rotatable bonds is 10. The molecular formula is C34H37BrN8O6. The molecule has 2 saturated heterocycles. The maximum atomic E-state index is 13.3. The Morgan fingerprint density at radius 2 is 1.76 bits per heavy atom. The molecule has 3 aromatic rings. The number of aromatic nitrogens is 2. The molecule has 1 aromatic heterocycles. The molecule has 3 atom stereocenters. The number of carbonyl (C=O) groups excluding carboxylic acids is 5. The van der Waals surface area contributed by atoms with Crippen LogP contribution < -0.4 is 26.8 Å². The molecule has 3 aliphatic rings. The van der Waals surface area contributed by atoms with E-state index in [1.165, 1.54) is 4.68 Å². The molecular weight excluding hydrogens is 696 g/mol. The van der Waals surface area contributed by atoms with Crippen molar-refractivity contribution in [2.45, 2.75) is 43.7 Å². The number of piperidine rings is 2. The maximum Gasteiger partial charge on any atom is 0.282 e. The first-order valence-electron chi connectivity index (χ1n) is 16.1. The van der Waals surface area contributed by atoms with Crippen LogP contribution in [0.25, 0.3) is 0 Å². The molecule has 14 nitrogen and oxygen atoms in total. The van der Waals surface area contributed by atoms with E-state index in [0.29, 0.717) is 40.9 Å². The number of hydrogen-bond acceptors (Lipinski definition) is 10. The van der Waals surface area contributed by atoms with Crippen molar-refractivity contribution < 1.29 is 24.0 Å². The second-order valence-electron chi connectivity index (χ2n) is 12.6. The summed E-state index contributed by atoms with van der Waals surface area (Å²) in [5, 5.41) is 15.9. The number of aryl methyl sites for hydroxylation is 1. The largest absolute Gasteiger partial charge is 0.384 e. The number of halogens is 1. The van der Waals surface area contributed by atoms with Gasteiger partial charge in [-0.15, -0.1) is 0 Å². The normalized spacial score (nSPS) is 21.0. The van der Waals surface area contributed by atoms with Gasteiger partial charge in [0.2, 0.25) is 11.8 Å². The number of likely N-dealkylation sites (tertiary alicyclic amines) is 1. The Kier molecular flexibility index (Phi) is 9.92. The molecule has 4 N–H and O–H groups in total. The molecule has 0 bridgehead atoms. The second kappa shape index (κ2) is 14.3. The molecule has 6 rings (SSSR count). The van der Waals surface area contributed by atoms with Gasteiger partial charge in [0.25, 0.3) is 23.3 Å². The van der Waals surface area contributed by atoms with Crippen LogP contribution in [0.2, 0.25) is 0 Å². The van der Waals surface area contributed by atoms with E-state index in [4.69, 9.17) is 0 Å². The molecule has 0 spiro atoms. The number of benzene rings is 2. The molecule has 256 valence electrons. The van der Waals surface area contributed by atoms with Crippen LogP contribution in [0.15, 0.2) is 57.9 Å². The molecule has 2 fully saturated rings. The lowest BCUT2D eigenvalue weighted by Crippen LogP contribution is -2.54. The van der Waals surface area contributed by atoms with Crippen LogP contribution in [0.3, 0.4) is 0 Å². The number of imide groups is 2. The molecule has 4 heterocycles. The third-order valence-corrected chi connectivity index (χ3v) is 9.90. The summed E-state index contributed by atoms with van der Waals surface area (Å²) >= 11 is 3.39. The number of carbonyl (C=O) groups is 5. The van der Waals surface area contributed by atoms with Gasteiger partial charge in [-0.25, -0.2) is 4.68 Å². The van der Waals surface area contributed by atoms with Gasteiger partial charge in [0.1, 0.15) is 10.5 Å². The topological polar surface area (TPSA) is 175 Å². The summed E-state index contributed by atoms with van der Waals surface area (Å²) in [7, 11) is 3.67. The lowest BCUT2D eigenvalue weighted by Gasteiger charge is -2.37. The first-order chi connectivity index (χ1) is 23.5. The number of likely N-dealkylation sites (N-methyl/N-ethyl adjacent to an activating group) is 1. The Morgan fingerprint density at radius 3 is 2.51 bits per heavy atom. The minimum Gasteiger partial charge on any atom is -0.384 e. The van der Waals surface area contributed by atoms with Crippen LogP contribution in [0, 0.1) is 0 Å². The molecule has 0 saturated carbocycles. The predicted molar refractivity (Wildman–Crippen MR) is 184 cm³/mol. The van der Waals surface area contributed by atoms with Gasteiger partial charge in [-0.1, -0.05) is 18.2 Å². The van der Waals surface area contributed by atoms with Gasteiger partial charge in [0.15, 0.2) is 0 Å². The van der Waals surface area contributed by atoms with Crippen LogP contribution >= 0.6 is 15.9 Å². The van der Waals surface area contributed by atoms with Crippen LogP contribution in [0.4, 0.5) is 11.4 Å². The Labute approximate surface area is 290 Å². The Morgan fingerprint density at radius 1 is 0.980 bits per heavy atom. The molecule has 49 heavy (non-hydrogen) atoms. The molecule has 3 aliphatic heterocycles. The van der Waals surface area contributed by atoms with E-state index in [1.54, 1.807) is 31.4 Å².